The SMILES string of the molecule is CC(=O)SCCC#Cc1ccc(F)cn1. The number of carbonyl (C=O) groups is 1. The van der Waals surface area contributed by atoms with Crippen LogP contribution in [0.15, 0.2) is 18.3 Å². The predicted molar refractivity (Wildman–Crippen MR) is 58.8 cm³/mol. The van der Waals surface area contributed by atoms with E-state index in [1.807, 2.05) is 0 Å². The third-order valence-electron chi connectivity index (χ3n) is 1.48. The van der Waals surface area contributed by atoms with E-state index < -0.39 is 0 Å². The van der Waals surface area contributed by atoms with Crippen LogP contribution in [0.2, 0.25) is 0 Å². The third kappa shape index (κ3) is 5.18. The monoisotopic (exact) mass is 223 g/mol. The highest BCUT2D eigenvalue weighted by atomic mass is 32.2. The van der Waals surface area contributed by atoms with Crippen LogP contribution in [-0.2, 0) is 4.79 Å². The number of rotatable bonds is 2. The highest BCUT2D eigenvalue weighted by Crippen LogP contribution is 2.02. The first-order valence-electron chi connectivity index (χ1n) is 4.42. The van der Waals surface area contributed by atoms with Gasteiger partial charge in [0, 0.05) is 19.1 Å². The Hall–Kier alpha value is -1.34. The first-order chi connectivity index (χ1) is 7.18. The van der Waals surface area contributed by atoms with Gasteiger partial charge in [-0.2, -0.15) is 0 Å². The molecule has 1 aromatic rings. The maximum absolute atomic E-state index is 12.5. The maximum Gasteiger partial charge on any atom is 0.185 e. The van der Waals surface area contributed by atoms with Crippen molar-refractivity contribution in [3.8, 4) is 11.8 Å². The molecule has 0 atom stereocenters. The Morgan fingerprint density at radius 1 is 1.60 bits per heavy atom. The van der Waals surface area contributed by atoms with Gasteiger partial charge in [-0.15, -0.1) is 0 Å². The Morgan fingerprint density at radius 2 is 2.40 bits per heavy atom. The van der Waals surface area contributed by atoms with E-state index in [1.54, 1.807) is 0 Å². The smallest absolute Gasteiger partial charge is 0.185 e. The van der Waals surface area contributed by atoms with Gasteiger partial charge in [0.25, 0.3) is 0 Å². The molecule has 0 saturated carbocycles. The van der Waals surface area contributed by atoms with Crippen LogP contribution in [0.4, 0.5) is 4.39 Å². The van der Waals surface area contributed by atoms with E-state index in [0.29, 0.717) is 17.9 Å². The van der Waals surface area contributed by atoms with Crippen molar-refractivity contribution in [1.29, 1.82) is 0 Å². The van der Waals surface area contributed by atoms with E-state index in [4.69, 9.17) is 0 Å². The average Bonchev–Trinajstić information content (AvgIpc) is 2.20. The quantitative estimate of drug-likeness (QED) is 0.569. The second-order valence-corrected chi connectivity index (χ2v) is 4.03. The first-order valence-corrected chi connectivity index (χ1v) is 5.41. The molecule has 0 amide bonds. The molecule has 0 N–H and O–H groups in total. The summed E-state index contributed by atoms with van der Waals surface area (Å²) in [6.45, 7) is 1.53. The Labute approximate surface area is 92.3 Å². The van der Waals surface area contributed by atoms with Crippen molar-refractivity contribution in [2.24, 2.45) is 0 Å². The summed E-state index contributed by atoms with van der Waals surface area (Å²) in [6.07, 6.45) is 1.76. The standard InChI is InChI=1S/C11H10FNOS/c1-9(14)15-7-3-2-4-11-6-5-10(12)8-13-11/h5-6,8H,3,7H2,1H3. The summed E-state index contributed by atoms with van der Waals surface area (Å²) in [5.74, 6) is 5.98. The minimum atomic E-state index is -0.368. The molecule has 2 nitrogen and oxygen atoms in total. The molecule has 15 heavy (non-hydrogen) atoms. The summed E-state index contributed by atoms with van der Waals surface area (Å²) in [4.78, 5) is 14.4. The summed E-state index contributed by atoms with van der Waals surface area (Å²) in [5.41, 5.74) is 0.546. The molecule has 0 aliphatic rings. The molecule has 4 heteroatoms. The van der Waals surface area contributed by atoms with Crippen LogP contribution in [0, 0.1) is 17.7 Å². The topological polar surface area (TPSA) is 30.0 Å². The van der Waals surface area contributed by atoms with Crippen molar-refractivity contribution in [2.45, 2.75) is 13.3 Å². The van der Waals surface area contributed by atoms with Crippen LogP contribution < -0.4 is 0 Å². The van der Waals surface area contributed by atoms with Crippen molar-refractivity contribution in [3.05, 3.63) is 29.8 Å². The molecule has 0 aromatic carbocycles. The Morgan fingerprint density at radius 3 is 3.00 bits per heavy atom. The van der Waals surface area contributed by atoms with Gasteiger partial charge in [0.05, 0.1) is 6.20 Å². The van der Waals surface area contributed by atoms with Crippen molar-refractivity contribution in [3.63, 3.8) is 0 Å². The zero-order chi connectivity index (χ0) is 11.1. The van der Waals surface area contributed by atoms with E-state index in [-0.39, 0.29) is 10.9 Å². The Bertz CT molecular complexity index is 391. The molecule has 0 fully saturated rings. The maximum atomic E-state index is 12.5. The normalized spacial score (nSPS) is 9.20. The number of carbonyl (C=O) groups excluding carboxylic acids is 1. The van der Waals surface area contributed by atoms with Crippen molar-refractivity contribution >= 4 is 16.9 Å². The van der Waals surface area contributed by atoms with E-state index in [2.05, 4.69) is 16.8 Å². The fourth-order valence-corrected chi connectivity index (χ4v) is 1.34. The minimum absolute atomic E-state index is 0.0942. The molecule has 0 radical (unpaired) electrons. The zero-order valence-corrected chi connectivity index (χ0v) is 9.10. The zero-order valence-electron chi connectivity index (χ0n) is 8.29. The molecule has 1 rings (SSSR count). The Kier molecular flexibility index (Phi) is 4.85. The first kappa shape index (κ1) is 11.7. The van der Waals surface area contributed by atoms with Crippen LogP contribution in [0.25, 0.3) is 0 Å². The van der Waals surface area contributed by atoms with Gasteiger partial charge in [0.2, 0.25) is 0 Å². The molecular weight excluding hydrogens is 213 g/mol. The molecular formula is C11H10FNOS. The van der Waals surface area contributed by atoms with Crippen molar-refractivity contribution in [2.75, 3.05) is 5.75 Å². The lowest BCUT2D eigenvalue weighted by molar-refractivity contribution is -0.109. The molecule has 1 aromatic heterocycles. The van der Waals surface area contributed by atoms with Gasteiger partial charge in [0.1, 0.15) is 11.5 Å². The van der Waals surface area contributed by atoms with Crippen LogP contribution in [0.3, 0.4) is 0 Å². The predicted octanol–water partition coefficient (Wildman–Crippen LogP) is 2.24. The number of halogens is 1. The summed E-state index contributed by atoms with van der Waals surface area (Å²) < 4.78 is 12.5. The number of hydrogen-bond acceptors (Lipinski definition) is 3. The van der Waals surface area contributed by atoms with Gasteiger partial charge >= 0.3 is 0 Å². The minimum Gasteiger partial charge on any atom is -0.288 e. The van der Waals surface area contributed by atoms with E-state index >= 15 is 0 Å². The fraction of sp³-hybridized carbons (Fsp3) is 0.273. The van der Waals surface area contributed by atoms with E-state index in [0.717, 1.165) is 6.20 Å². The summed E-state index contributed by atoms with van der Waals surface area (Å²) in [6, 6.07) is 2.85. The molecule has 0 aliphatic carbocycles. The number of aromatic nitrogens is 1. The number of hydrogen-bond donors (Lipinski definition) is 0. The highest BCUT2D eigenvalue weighted by molar-refractivity contribution is 8.13. The lowest BCUT2D eigenvalue weighted by Gasteiger charge is -1.90. The summed E-state index contributed by atoms with van der Waals surface area (Å²) in [7, 11) is 0. The fourth-order valence-electron chi connectivity index (χ4n) is 0.849. The molecule has 0 saturated heterocycles. The van der Waals surface area contributed by atoms with Crippen molar-refractivity contribution in [1.82, 2.24) is 4.98 Å². The molecule has 0 spiro atoms. The van der Waals surface area contributed by atoms with E-state index in [9.17, 15) is 9.18 Å². The molecule has 1 heterocycles. The molecule has 0 unspecified atom stereocenters. The molecule has 0 aliphatic heterocycles. The van der Waals surface area contributed by atoms with Crippen LogP contribution >= 0.6 is 11.8 Å². The number of pyridine rings is 1. The van der Waals surface area contributed by atoms with Gasteiger partial charge in [0.15, 0.2) is 5.12 Å². The average molecular weight is 223 g/mol. The van der Waals surface area contributed by atoms with Gasteiger partial charge in [-0.05, 0) is 18.1 Å². The summed E-state index contributed by atoms with van der Waals surface area (Å²) >= 11 is 1.25. The number of nitrogens with zero attached hydrogens (tertiary/aromatic N) is 1. The summed E-state index contributed by atoms with van der Waals surface area (Å²) in [5, 5.41) is 0.0942. The Balaban J connectivity index is 2.38. The van der Waals surface area contributed by atoms with Crippen LogP contribution in [0.5, 0.6) is 0 Å². The van der Waals surface area contributed by atoms with Crippen LogP contribution in [0.1, 0.15) is 19.0 Å². The van der Waals surface area contributed by atoms with Crippen molar-refractivity contribution < 1.29 is 9.18 Å². The second-order valence-electron chi connectivity index (χ2n) is 2.75. The largest absolute Gasteiger partial charge is 0.288 e. The second kappa shape index (κ2) is 6.20. The third-order valence-corrected chi connectivity index (χ3v) is 2.29. The van der Waals surface area contributed by atoms with Gasteiger partial charge in [-0.1, -0.05) is 17.7 Å². The number of thioether (sulfide) groups is 1. The molecule has 0 bridgehead atoms. The highest BCUT2D eigenvalue weighted by Gasteiger charge is 1.92. The van der Waals surface area contributed by atoms with Gasteiger partial charge < -0.3 is 0 Å². The van der Waals surface area contributed by atoms with E-state index in [1.165, 1.54) is 30.8 Å². The van der Waals surface area contributed by atoms with Gasteiger partial charge in [-0.25, -0.2) is 9.37 Å². The van der Waals surface area contributed by atoms with Crippen LogP contribution in [-0.4, -0.2) is 15.9 Å². The lowest BCUT2D eigenvalue weighted by atomic mass is 10.3. The molecule has 78 valence electrons. The lowest BCUT2D eigenvalue weighted by Crippen LogP contribution is -1.85. The van der Waals surface area contributed by atoms with Gasteiger partial charge in [-0.3, -0.25) is 4.79 Å².